The number of rotatable bonds is 3. The van der Waals surface area contributed by atoms with Crippen LogP contribution in [0.4, 0.5) is 0 Å². The Morgan fingerprint density at radius 3 is 2.53 bits per heavy atom. The smallest absolute Gasteiger partial charge is 0.239 e. The Labute approximate surface area is 105 Å². The van der Waals surface area contributed by atoms with E-state index in [0.717, 1.165) is 24.8 Å². The van der Waals surface area contributed by atoms with E-state index in [2.05, 4.69) is 19.2 Å². The van der Waals surface area contributed by atoms with E-state index >= 15 is 0 Å². The first kappa shape index (κ1) is 12.9. The Bertz CT molecular complexity index is 277. The molecule has 1 aliphatic heterocycles. The van der Waals surface area contributed by atoms with Crippen LogP contribution >= 0.6 is 0 Å². The maximum absolute atomic E-state index is 11.9. The number of nitrogens with one attached hydrogen (secondary N) is 1. The highest BCUT2D eigenvalue weighted by Crippen LogP contribution is 2.31. The molecule has 1 aliphatic carbocycles. The van der Waals surface area contributed by atoms with Crippen molar-refractivity contribution in [1.82, 2.24) is 10.2 Å². The molecule has 3 nitrogen and oxygen atoms in total. The summed E-state index contributed by atoms with van der Waals surface area (Å²) in [6.45, 7) is 5.54. The predicted molar refractivity (Wildman–Crippen MR) is 69.8 cm³/mol. The standard InChI is InChI=1S/C14H26N2O/c1-10(2)11-6-4-5-7-12(11)15-13-8-9-16(3)14(13)17/h10-13,15H,4-9H2,1-3H3. The molecule has 1 saturated heterocycles. The number of nitrogens with zero attached hydrogens (tertiary/aromatic N) is 1. The summed E-state index contributed by atoms with van der Waals surface area (Å²) in [6.07, 6.45) is 6.23. The third-order valence-electron chi connectivity index (χ3n) is 4.52. The first-order chi connectivity index (χ1) is 8.09. The van der Waals surface area contributed by atoms with Crippen LogP contribution in [0, 0.1) is 11.8 Å². The van der Waals surface area contributed by atoms with Gasteiger partial charge in [-0.2, -0.15) is 0 Å². The molecule has 0 aromatic rings. The highest BCUT2D eigenvalue weighted by molar-refractivity contribution is 5.83. The zero-order chi connectivity index (χ0) is 12.4. The van der Waals surface area contributed by atoms with E-state index in [1.54, 1.807) is 0 Å². The van der Waals surface area contributed by atoms with Crippen LogP contribution in [0.15, 0.2) is 0 Å². The van der Waals surface area contributed by atoms with Crippen molar-refractivity contribution in [2.75, 3.05) is 13.6 Å². The van der Waals surface area contributed by atoms with Crippen LogP contribution in [0.3, 0.4) is 0 Å². The molecule has 3 heteroatoms. The molecule has 0 spiro atoms. The zero-order valence-electron chi connectivity index (χ0n) is 11.4. The fraction of sp³-hybridized carbons (Fsp3) is 0.929. The highest BCUT2D eigenvalue weighted by Gasteiger charge is 2.34. The second kappa shape index (κ2) is 5.38. The van der Waals surface area contributed by atoms with Gasteiger partial charge in [-0.05, 0) is 31.1 Å². The first-order valence-electron chi connectivity index (χ1n) is 7.10. The van der Waals surface area contributed by atoms with E-state index in [9.17, 15) is 4.79 Å². The van der Waals surface area contributed by atoms with Gasteiger partial charge < -0.3 is 10.2 Å². The Hall–Kier alpha value is -0.570. The Kier molecular flexibility index (Phi) is 4.08. The second-order valence-corrected chi connectivity index (χ2v) is 6.07. The normalized spacial score (nSPS) is 34.7. The van der Waals surface area contributed by atoms with Crippen LogP contribution in [0.2, 0.25) is 0 Å². The summed E-state index contributed by atoms with van der Waals surface area (Å²) in [5.74, 6) is 1.77. The van der Waals surface area contributed by atoms with Gasteiger partial charge in [0.2, 0.25) is 5.91 Å². The van der Waals surface area contributed by atoms with Crippen molar-refractivity contribution in [2.24, 2.45) is 11.8 Å². The summed E-state index contributed by atoms with van der Waals surface area (Å²) in [4.78, 5) is 13.8. The molecule has 1 N–H and O–H groups in total. The van der Waals surface area contributed by atoms with Gasteiger partial charge in [0.15, 0.2) is 0 Å². The van der Waals surface area contributed by atoms with E-state index in [4.69, 9.17) is 0 Å². The van der Waals surface area contributed by atoms with Crippen molar-refractivity contribution in [3.8, 4) is 0 Å². The molecule has 0 aromatic carbocycles. The van der Waals surface area contributed by atoms with Gasteiger partial charge in [-0.1, -0.05) is 26.7 Å². The quantitative estimate of drug-likeness (QED) is 0.816. The third-order valence-corrected chi connectivity index (χ3v) is 4.52. The highest BCUT2D eigenvalue weighted by atomic mass is 16.2. The average Bonchev–Trinajstić information content (AvgIpc) is 2.61. The molecule has 0 bridgehead atoms. The molecule has 0 radical (unpaired) electrons. The van der Waals surface area contributed by atoms with Gasteiger partial charge in [0.05, 0.1) is 6.04 Å². The number of carbonyl (C=O) groups is 1. The van der Waals surface area contributed by atoms with Crippen molar-refractivity contribution in [3.05, 3.63) is 0 Å². The van der Waals surface area contributed by atoms with Gasteiger partial charge in [-0.15, -0.1) is 0 Å². The van der Waals surface area contributed by atoms with Gasteiger partial charge in [0.1, 0.15) is 0 Å². The second-order valence-electron chi connectivity index (χ2n) is 6.07. The predicted octanol–water partition coefficient (Wildman–Crippen LogP) is 2.02. The fourth-order valence-electron chi connectivity index (χ4n) is 3.40. The maximum atomic E-state index is 11.9. The van der Waals surface area contributed by atoms with Gasteiger partial charge in [-0.3, -0.25) is 4.79 Å². The summed E-state index contributed by atoms with van der Waals surface area (Å²) in [5.41, 5.74) is 0. The molecule has 2 rings (SSSR count). The summed E-state index contributed by atoms with van der Waals surface area (Å²) >= 11 is 0. The van der Waals surface area contributed by atoms with Crippen molar-refractivity contribution in [1.29, 1.82) is 0 Å². The molecule has 3 atom stereocenters. The van der Waals surface area contributed by atoms with Gasteiger partial charge >= 0.3 is 0 Å². The molecule has 17 heavy (non-hydrogen) atoms. The first-order valence-corrected chi connectivity index (χ1v) is 7.10. The lowest BCUT2D eigenvalue weighted by atomic mass is 9.77. The molecule has 0 aromatic heterocycles. The van der Waals surface area contributed by atoms with Crippen molar-refractivity contribution in [3.63, 3.8) is 0 Å². The average molecular weight is 238 g/mol. The van der Waals surface area contributed by atoms with Gasteiger partial charge in [0.25, 0.3) is 0 Å². The van der Waals surface area contributed by atoms with E-state index in [1.807, 2.05) is 11.9 Å². The lowest BCUT2D eigenvalue weighted by Gasteiger charge is -2.36. The molecule has 1 amide bonds. The van der Waals surface area contributed by atoms with Crippen LogP contribution in [-0.4, -0.2) is 36.5 Å². The van der Waals surface area contributed by atoms with Crippen LogP contribution in [0.5, 0.6) is 0 Å². The molecular formula is C14H26N2O. The molecule has 98 valence electrons. The molecule has 3 unspecified atom stereocenters. The number of likely N-dealkylation sites (tertiary alicyclic amines) is 1. The molecule has 2 fully saturated rings. The minimum absolute atomic E-state index is 0.0874. The number of hydrogen-bond donors (Lipinski definition) is 1. The minimum Gasteiger partial charge on any atom is -0.344 e. The van der Waals surface area contributed by atoms with Crippen LogP contribution in [0.1, 0.15) is 46.0 Å². The van der Waals surface area contributed by atoms with E-state index in [-0.39, 0.29) is 11.9 Å². The van der Waals surface area contributed by atoms with E-state index in [0.29, 0.717) is 6.04 Å². The van der Waals surface area contributed by atoms with Crippen LogP contribution in [-0.2, 0) is 4.79 Å². The van der Waals surface area contributed by atoms with Gasteiger partial charge in [-0.25, -0.2) is 0 Å². The van der Waals surface area contributed by atoms with Crippen molar-refractivity contribution in [2.45, 2.75) is 58.0 Å². The Morgan fingerprint density at radius 2 is 1.94 bits per heavy atom. The lowest BCUT2D eigenvalue weighted by molar-refractivity contribution is -0.128. The molecule has 2 aliphatic rings. The van der Waals surface area contributed by atoms with Crippen molar-refractivity contribution >= 4 is 5.91 Å². The van der Waals surface area contributed by atoms with Crippen LogP contribution in [0.25, 0.3) is 0 Å². The number of amides is 1. The third kappa shape index (κ3) is 2.82. The number of likely N-dealkylation sites (N-methyl/N-ethyl adjacent to an activating group) is 1. The molecular weight excluding hydrogens is 212 g/mol. The fourth-order valence-corrected chi connectivity index (χ4v) is 3.40. The Morgan fingerprint density at radius 1 is 1.24 bits per heavy atom. The minimum atomic E-state index is 0.0874. The summed E-state index contributed by atoms with van der Waals surface area (Å²) < 4.78 is 0. The SMILES string of the molecule is CC(C)C1CCCCC1NC1CCN(C)C1=O. The monoisotopic (exact) mass is 238 g/mol. The summed E-state index contributed by atoms with van der Waals surface area (Å²) in [5, 5.41) is 3.64. The maximum Gasteiger partial charge on any atom is 0.239 e. The summed E-state index contributed by atoms with van der Waals surface area (Å²) in [6, 6.07) is 0.647. The van der Waals surface area contributed by atoms with Crippen molar-refractivity contribution < 1.29 is 4.79 Å². The molecule has 1 saturated carbocycles. The van der Waals surface area contributed by atoms with E-state index < -0.39 is 0 Å². The van der Waals surface area contributed by atoms with Crippen LogP contribution < -0.4 is 5.32 Å². The van der Waals surface area contributed by atoms with Gasteiger partial charge in [0, 0.05) is 19.6 Å². The molecule has 1 heterocycles. The Balaban J connectivity index is 1.94. The lowest BCUT2D eigenvalue weighted by Crippen LogP contribution is -2.48. The largest absolute Gasteiger partial charge is 0.344 e. The number of carbonyl (C=O) groups excluding carboxylic acids is 1. The topological polar surface area (TPSA) is 32.3 Å². The summed E-state index contributed by atoms with van der Waals surface area (Å²) in [7, 11) is 1.91. The number of hydrogen-bond acceptors (Lipinski definition) is 2. The zero-order valence-corrected chi connectivity index (χ0v) is 11.4. The van der Waals surface area contributed by atoms with E-state index in [1.165, 1.54) is 25.7 Å².